The van der Waals surface area contributed by atoms with Crippen molar-refractivity contribution in [3.8, 4) is 5.75 Å². The first kappa shape index (κ1) is 12.2. The van der Waals surface area contributed by atoms with E-state index in [0.717, 1.165) is 17.0 Å². The highest BCUT2D eigenvalue weighted by Gasteiger charge is 2.34. The van der Waals surface area contributed by atoms with Crippen molar-refractivity contribution in [3.05, 3.63) is 29.8 Å². The van der Waals surface area contributed by atoms with E-state index in [-0.39, 0.29) is 18.6 Å². The highest BCUT2D eigenvalue weighted by molar-refractivity contribution is 6.29. The molecule has 1 aromatic carbocycles. The van der Waals surface area contributed by atoms with Crippen LogP contribution < -0.4 is 4.74 Å². The minimum absolute atomic E-state index is 0.0802. The molecule has 0 fully saturated rings. The summed E-state index contributed by atoms with van der Waals surface area (Å²) in [5, 5.41) is 13.1. The molecule has 0 aromatic heterocycles. The Hall–Kier alpha value is -1.26. The monoisotopic (exact) mass is 255 g/mol. The number of rotatable bonds is 4. The Morgan fingerprint density at radius 2 is 2.12 bits per heavy atom. The number of alkyl halides is 1. The van der Waals surface area contributed by atoms with E-state index in [4.69, 9.17) is 21.2 Å². The summed E-state index contributed by atoms with van der Waals surface area (Å²) in [6, 6.07) is 7.60. The molecule has 0 saturated carbocycles. The van der Waals surface area contributed by atoms with Gasteiger partial charge in [-0.25, -0.2) is 0 Å². The van der Waals surface area contributed by atoms with Gasteiger partial charge in [-0.15, -0.1) is 11.6 Å². The van der Waals surface area contributed by atoms with Gasteiger partial charge in [-0.1, -0.05) is 17.3 Å². The van der Waals surface area contributed by atoms with Crippen LogP contribution in [0.3, 0.4) is 0 Å². The van der Waals surface area contributed by atoms with Crippen molar-refractivity contribution in [1.82, 2.24) is 0 Å². The zero-order valence-electron chi connectivity index (χ0n) is 9.47. The van der Waals surface area contributed by atoms with E-state index in [0.29, 0.717) is 5.88 Å². The summed E-state index contributed by atoms with van der Waals surface area (Å²) in [5.41, 5.74) is 1.76. The van der Waals surface area contributed by atoms with E-state index in [2.05, 4.69) is 5.16 Å². The molecular weight excluding hydrogens is 242 g/mol. The van der Waals surface area contributed by atoms with Crippen molar-refractivity contribution < 1.29 is 14.7 Å². The van der Waals surface area contributed by atoms with Gasteiger partial charge in [0.1, 0.15) is 5.75 Å². The first-order valence-corrected chi connectivity index (χ1v) is 5.87. The number of aliphatic hydroxyl groups excluding tert-OH is 1. The number of nitrogens with zero attached hydrogens (tertiary/aromatic N) is 1. The zero-order chi connectivity index (χ0) is 12.3. The van der Waals surface area contributed by atoms with Crippen LogP contribution in [0.4, 0.5) is 0 Å². The van der Waals surface area contributed by atoms with Gasteiger partial charge in [0.25, 0.3) is 0 Å². The van der Waals surface area contributed by atoms with Gasteiger partial charge in [0, 0.05) is 0 Å². The summed E-state index contributed by atoms with van der Waals surface area (Å²) in [6.07, 6.45) is -0.350. The molecule has 2 atom stereocenters. The first-order valence-electron chi connectivity index (χ1n) is 5.33. The molecule has 17 heavy (non-hydrogen) atoms. The Kier molecular flexibility index (Phi) is 3.86. The summed E-state index contributed by atoms with van der Waals surface area (Å²) < 4.78 is 5.10. The highest BCUT2D eigenvalue weighted by atomic mass is 35.5. The molecule has 0 bridgehead atoms. The number of hydrogen-bond acceptors (Lipinski definition) is 4. The second-order valence-electron chi connectivity index (χ2n) is 3.79. The number of aliphatic hydroxyl groups is 1. The number of hydrogen-bond donors (Lipinski definition) is 1. The Morgan fingerprint density at radius 3 is 2.65 bits per heavy atom. The van der Waals surface area contributed by atoms with Crippen molar-refractivity contribution in [2.75, 3.05) is 19.6 Å². The van der Waals surface area contributed by atoms with E-state index >= 15 is 0 Å². The van der Waals surface area contributed by atoms with Crippen molar-refractivity contribution in [1.29, 1.82) is 0 Å². The molecule has 5 heteroatoms. The zero-order valence-corrected chi connectivity index (χ0v) is 10.2. The lowest BCUT2D eigenvalue weighted by molar-refractivity contribution is 0.0307. The van der Waals surface area contributed by atoms with Crippen molar-refractivity contribution in [2.24, 2.45) is 5.16 Å². The molecule has 0 radical (unpaired) electrons. The normalized spacial score (nSPS) is 23.1. The molecule has 92 valence electrons. The van der Waals surface area contributed by atoms with Gasteiger partial charge in [0.2, 0.25) is 0 Å². The van der Waals surface area contributed by atoms with Gasteiger partial charge in [-0.2, -0.15) is 0 Å². The van der Waals surface area contributed by atoms with Crippen molar-refractivity contribution >= 4 is 17.3 Å². The molecule has 2 unspecified atom stereocenters. The Bertz CT molecular complexity index is 405. The molecule has 4 nitrogen and oxygen atoms in total. The number of halogens is 1. The van der Waals surface area contributed by atoms with Crippen LogP contribution in [0.15, 0.2) is 29.4 Å². The van der Waals surface area contributed by atoms with Gasteiger partial charge in [-0.3, -0.25) is 0 Å². The minimum atomic E-state index is -0.350. The topological polar surface area (TPSA) is 51.0 Å². The van der Waals surface area contributed by atoms with E-state index in [9.17, 15) is 5.11 Å². The minimum Gasteiger partial charge on any atom is -0.497 e. The van der Waals surface area contributed by atoms with Gasteiger partial charge >= 0.3 is 0 Å². The first-order chi connectivity index (χ1) is 8.30. The third-order valence-corrected chi connectivity index (χ3v) is 3.10. The standard InChI is InChI=1S/C12H14ClNO3/c1-16-9-4-2-8(3-5-9)12-10(6-13)14-17-11(12)7-15/h2-5,11-12,15H,6-7H2,1H3. The van der Waals surface area contributed by atoms with Crippen LogP contribution in [-0.2, 0) is 4.84 Å². The predicted molar refractivity (Wildman–Crippen MR) is 65.8 cm³/mol. The molecule has 0 amide bonds. The third-order valence-electron chi connectivity index (χ3n) is 2.83. The maximum atomic E-state index is 9.25. The second kappa shape index (κ2) is 5.38. The third kappa shape index (κ3) is 2.37. The van der Waals surface area contributed by atoms with Gasteiger partial charge in [0.15, 0.2) is 6.10 Å². The SMILES string of the molecule is COc1ccc(C2C(CCl)=NOC2CO)cc1. The fourth-order valence-electron chi connectivity index (χ4n) is 1.93. The maximum Gasteiger partial charge on any atom is 0.162 e. The summed E-state index contributed by atoms with van der Waals surface area (Å²) >= 11 is 5.82. The van der Waals surface area contributed by atoms with E-state index < -0.39 is 0 Å². The average molecular weight is 256 g/mol. The van der Waals surface area contributed by atoms with Gasteiger partial charge in [0.05, 0.1) is 31.2 Å². The van der Waals surface area contributed by atoms with Crippen LogP contribution in [0.1, 0.15) is 11.5 Å². The Labute approximate surface area is 105 Å². The smallest absolute Gasteiger partial charge is 0.162 e. The number of methoxy groups -OCH3 is 1. The lowest BCUT2D eigenvalue weighted by atomic mass is 9.90. The summed E-state index contributed by atoms with van der Waals surface area (Å²) in [4.78, 5) is 5.15. The van der Waals surface area contributed by atoms with E-state index in [1.807, 2.05) is 24.3 Å². The molecule has 1 aromatic rings. The van der Waals surface area contributed by atoms with Crippen molar-refractivity contribution in [3.63, 3.8) is 0 Å². The molecule has 1 heterocycles. The van der Waals surface area contributed by atoms with Gasteiger partial charge in [-0.05, 0) is 17.7 Å². The maximum absolute atomic E-state index is 9.25. The van der Waals surface area contributed by atoms with Crippen molar-refractivity contribution in [2.45, 2.75) is 12.0 Å². The number of oxime groups is 1. The fraction of sp³-hybridized carbons (Fsp3) is 0.417. The molecule has 1 aliphatic rings. The summed E-state index contributed by atoms with van der Waals surface area (Å²) in [5.74, 6) is 1.01. The molecular formula is C12H14ClNO3. The largest absolute Gasteiger partial charge is 0.497 e. The molecule has 0 saturated heterocycles. The number of benzene rings is 1. The van der Waals surface area contributed by atoms with Crippen LogP contribution in [0.5, 0.6) is 5.75 Å². The fourth-order valence-corrected chi connectivity index (χ4v) is 2.15. The average Bonchev–Trinajstić information content (AvgIpc) is 2.81. The van der Waals surface area contributed by atoms with Crippen LogP contribution in [0, 0.1) is 0 Å². The lowest BCUT2D eigenvalue weighted by Crippen LogP contribution is -2.25. The molecule has 0 spiro atoms. The summed E-state index contributed by atoms with van der Waals surface area (Å²) in [6.45, 7) is -0.0828. The van der Waals surface area contributed by atoms with E-state index in [1.54, 1.807) is 7.11 Å². The Balaban J connectivity index is 2.26. The van der Waals surface area contributed by atoms with E-state index in [1.165, 1.54) is 0 Å². The van der Waals surface area contributed by atoms with Crippen LogP contribution >= 0.6 is 11.6 Å². The summed E-state index contributed by atoms with van der Waals surface area (Å²) in [7, 11) is 1.62. The quantitative estimate of drug-likeness (QED) is 0.835. The predicted octanol–water partition coefficient (Wildman–Crippen LogP) is 1.76. The lowest BCUT2D eigenvalue weighted by Gasteiger charge is -2.16. The van der Waals surface area contributed by atoms with Gasteiger partial charge < -0.3 is 14.7 Å². The van der Waals surface area contributed by atoms with Crippen LogP contribution in [0.2, 0.25) is 0 Å². The molecule has 1 aliphatic heterocycles. The van der Waals surface area contributed by atoms with Crippen LogP contribution in [0.25, 0.3) is 0 Å². The molecule has 2 rings (SSSR count). The van der Waals surface area contributed by atoms with Crippen LogP contribution in [-0.4, -0.2) is 36.5 Å². The Morgan fingerprint density at radius 1 is 1.41 bits per heavy atom. The highest BCUT2D eigenvalue weighted by Crippen LogP contribution is 2.30. The molecule has 1 N–H and O–H groups in total. The number of ether oxygens (including phenoxy) is 1. The molecule has 0 aliphatic carbocycles. The second-order valence-corrected chi connectivity index (χ2v) is 4.06.